The Morgan fingerprint density at radius 3 is 2.19 bits per heavy atom. The van der Waals surface area contributed by atoms with Gasteiger partial charge in [-0.1, -0.05) is 24.8 Å². The van der Waals surface area contributed by atoms with Gasteiger partial charge < -0.3 is 12.4 Å². The van der Waals surface area contributed by atoms with Crippen LogP contribution < -0.4 is 36.3 Å². The zero-order valence-corrected chi connectivity index (χ0v) is 10.0. The van der Waals surface area contributed by atoms with E-state index in [1.807, 2.05) is 24.4 Å². The minimum atomic E-state index is 0. The summed E-state index contributed by atoms with van der Waals surface area (Å²) in [6.45, 7) is 3.73. The van der Waals surface area contributed by atoms with Crippen LogP contribution in [0.25, 0.3) is 17.3 Å². The molecule has 0 aliphatic rings. The van der Waals surface area contributed by atoms with Crippen molar-refractivity contribution in [2.45, 2.75) is 0 Å². The molecule has 0 aliphatic carbocycles. The van der Waals surface area contributed by atoms with Crippen LogP contribution in [0.5, 0.6) is 0 Å². The summed E-state index contributed by atoms with van der Waals surface area (Å²) in [6.07, 6.45) is 3.77. The normalized spacial score (nSPS) is 8.50. The fourth-order valence-corrected chi connectivity index (χ4v) is 1.37. The van der Waals surface area contributed by atoms with Gasteiger partial charge in [-0.25, -0.2) is 4.98 Å². The van der Waals surface area contributed by atoms with Crippen LogP contribution >= 0.6 is 0 Å². The molecule has 1 aromatic heterocycles. The molecule has 0 bridgehead atoms. The molecule has 1 aromatic carbocycles. The third-order valence-corrected chi connectivity index (χ3v) is 2.17. The predicted molar refractivity (Wildman–Crippen MR) is 58.5 cm³/mol. The second-order valence-electron chi connectivity index (χ2n) is 3.10. The number of aromatic nitrogens is 1. The van der Waals surface area contributed by atoms with Crippen molar-refractivity contribution in [2.24, 2.45) is 0 Å². The minimum absolute atomic E-state index is 0. The van der Waals surface area contributed by atoms with Gasteiger partial charge >= 0.3 is 18.9 Å². The molecule has 0 saturated heterocycles. The van der Waals surface area contributed by atoms with E-state index in [2.05, 4.69) is 41.9 Å². The number of hydrogen-bond donors (Lipinski definition) is 0. The summed E-state index contributed by atoms with van der Waals surface area (Å²) in [5.41, 5.74) is 3.46. The minimum Gasteiger partial charge on any atom is -1.00 e. The Morgan fingerprint density at radius 1 is 1.00 bits per heavy atom. The second kappa shape index (κ2) is 7.30. The van der Waals surface area contributed by atoms with Crippen LogP contribution in [0.15, 0.2) is 55.2 Å². The maximum Gasteiger partial charge on any atom is 1.00 e. The van der Waals surface area contributed by atoms with Crippen molar-refractivity contribution in [2.75, 3.05) is 0 Å². The van der Waals surface area contributed by atoms with Gasteiger partial charge in [0, 0.05) is 17.7 Å². The summed E-state index contributed by atoms with van der Waals surface area (Å²) in [4.78, 5) is 3.20. The van der Waals surface area contributed by atoms with Gasteiger partial charge in [-0.2, -0.15) is 0 Å². The van der Waals surface area contributed by atoms with E-state index >= 15 is 0 Å². The quantitative estimate of drug-likeness (QED) is 0.478. The van der Waals surface area contributed by atoms with Gasteiger partial charge in [-0.3, -0.25) is 0 Å². The summed E-state index contributed by atoms with van der Waals surface area (Å²) in [7, 11) is 0. The fourth-order valence-electron chi connectivity index (χ4n) is 1.37. The van der Waals surface area contributed by atoms with Gasteiger partial charge in [0.15, 0.2) is 6.20 Å². The van der Waals surface area contributed by atoms with Gasteiger partial charge in [0.2, 0.25) is 5.69 Å². The predicted octanol–water partition coefficient (Wildman–Crippen LogP) is -3.18. The molecular weight excluding hydrogens is 213 g/mol. The number of benzene rings is 1. The summed E-state index contributed by atoms with van der Waals surface area (Å²) in [6, 6.07) is 14.3. The van der Waals surface area contributed by atoms with Crippen molar-refractivity contribution in [1.82, 2.24) is 0 Å². The Balaban J connectivity index is 0.00000112. The van der Waals surface area contributed by atoms with E-state index in [4.69, 9.17) is 0 Å². The molecule has 3 heteroatoms. The monoisotopic (exact) mass is 224 g/mol. The number of aromatic amines is 1. The number of H-pyrrole nitrogens is 1. The summed E-state index contributed by atoms with van der Waals surface area (Å²) in [5, 5.41) is 0. The van der Waals surface area contributed by atoms with E-state index in [-0.39, 0.29) is 31.3 Å². The molecule has 1 N–H and O–H groups in total. The maximum atomic E-state index is 3.73. The second-order valence-corrected chi connectivity index (χ2v) is 3.10. The maximum absolute atomic E-state index is 3.73. The molecule has 2 rings (SSSR count). The van der Waals surface area contributed by atoms with Gasteiger partial charge in [-0.15, -0.1) is 0 Å². The Morgan fingerprint density at radius 2 is 1.69 bits per heavy atom. The molecule has 0 atom stereocenters. The van der Waals surface area contributed by atoms with Crippen LogP contribution in [0.1, 0.15) is 5.56 Å². The Hall–Kier alpha value is -1.00. The van der Waals surface area contributed by atoms with Gasteiger partial charge in [0.1, 0.15) is 0 Å². The van der Waals surface area contributed by atoms with Crippen LogP contribution in [0.2, 0.25) is 0 Å². The first-order chi connectivity index (χ1) is 6.90. The van der Waals surface area contributed by atoms with Gasteiger partial charge in [-0.05, 0) is 23.8 Å². The van der Waals surface area contributed by atoms with Crippen molar-refractivity contribution >= 4 is 6.08 Å². The standard InChI is InChI=1S/C13H11N.ClH.Li/c1-2-11-6-8-12(9-7-11)13-5-3-4-10-14-13;;/h2-10H,1H2;1H;/q;;+1. The largest absolute Gasteiger partial charge is 1.00 e. The molecule has 1 nitrogen and oxygen atoms in total. The third-order valence-electron chi connectivity index (χ3n) is 2.17. The van der Waals surface area contributed by atoms with Crippen LogP contribution in [-0.2, 0) is 0 Å². The Bertz CT molecular complexity index is 425. The number of hydrogen-bond acceptors (Lipinski definition) is 0. The van der Waals surface area contributed by atoms with Crippen molar-refractivity contribution in [3.63, 3.8) is 0 Å². The topological polar surface area (TPSA) is 14.1 Å². The first-order valence-electron chi connectivity index (χ1n) is 4.60. The Labute approximate surface area is 114 Å². The van der Waals surface area contributed by atoms with Gasteiger partial charge in [0.05, 0.1) is 0 Å². The first kappa shape index (κ1) is 15.0. The number of nitrogens with one attached hydrogen (secondary N) is 1. The van der Waals surface area contributed by atoms with E-state index < -0.39 is 0 Å². The van der Waals surface area contributed by atoms with Crippen LogP contribution in [0.4, 0.5) is 0 Å². The molecule has 0 spiro atoms. The van der Waals surface area contributed by atoms with Crippen LogP contribution in [0, 0.1) is 0 Å². The molecule has 76 valence electrons. The van der Waals surface area contributed by atoms with E-state index in [1.165, 1.54) is 5.56 Å². The average molecular weight is 225 g/mol. The fraction of sp³-hybridized carbons (Fsp3) is 0. The summed E-state index contributed by atoms with van der Waals surface area (Å²) in [5.74, 6) is 0. The smallest absolute Gasteiger partial charge is 1.00 e. The van der Waals surface area contributed by atoms with Gasteiger partial charge in [0.25, 0.3) is 0 Å². The SMILES string of the molecule is C=Cc1ccc(-c2cccc[nH+]2)cc1.[Cl-].[Li+]. The number of pyridine rings is 1. The van der Waals surface area contributed by atoms with Crippen LogP contribution in [-0.4, -0.2) is 0 Å². The number of rotatable bonds is 2. The molecule has 0 saturated carbocycles. The van der Waals surface area contributed by atoms with Crippen molar-refractivity contribution in [3.8, 4) is 11.3 Å². The third kappa shape index (κ3) is 3.54. The average Bonchev–Trinajstić information content (AvgIpc) is 2.30. The molecule has 0 aliphatic heterocycles. The first-order valence-corrected chi connectivity index (χ1v) is 4.60. The van der Waals surface area contributed by atoms with Crippen molar-refractivity contribution < 1.29 is 36.3 Å². The summed E-state index contributed by atoms with van der Waals surface area (Å²) >= 11 is 0. The molecule has 2 aromatic rings. The van der Waals surface area contributed by atoms with E-state index in [1.54, 1.807) is 0 Å². The zero-order valence-electron chi connectivity index (χ0n) is 9.28. The number of halogens is 1. The molecule has 16 heavy (non-hydrogen) atoms. The van der Waals surface area contributed by atoms with Crippen molar-refractivity contribution in [3.05, 3.63) is 60.8 Å². The van der Waals surface area contributed by atoms with E-state index in [0.29, 0.717) is 0 Å². The Kier molecular flexibility index (Phi) is 6.84. The molecule has 0 unspecified atom stereocenters. The molecule has 1 heterocycles. The zero-order chi connectivity index (χ0) is 9.80. The van der Waals surface area contributed by atoms with E-state index in [0.717, 1.165) is 11.3 Å². The van der Waals surface area contributed by atoms with Crippen LogP contribution in [0.3, 0.4) is 0 Å². The molecule has 0 radical (unpaired) electrons. The molecular formula is C13H12ClLiN+. The molecule has 0 fully saturated rings. The molecule has 0 amide bonds. The van der Waals surface area contributed by atoms with E-state index in [9.17, 15) is 0 Å². The summed E-state index contributed by atoms with van der Waals surface area (Å²) < 4.78 is 0. The van der Waals surface area contributed by atoms with Crippen molar-refractivity contribution in [1.29, 1.82) is 0 Å².